The van der Waals surface area contributed by atoms with Crippen LogP contribution >= 0.6 is 15.9 Å². The highest BCUT2D eigenvalue weighted by atomic mass is 79.9. The molecule has 1 saturated carbocycles. The molecule has 0 radical (unpaired) electrons. The Morgan fingerprint density at radius 1 is 1.31 bits per heavy atom. The van der Waals surface area contributed by atoms with Crippen molar-refractivity contribution in [3.8, 4) is 0 Å². The largest absolute Gasteiger partial charge is 0.467 e. The molecule has 0 amide bonds. The predicted molar refractivity (Wildman–Crippen MR) is 69.2 cm³/mol. The van der Waals surface area contributed by atoms with Gasteiger partial charge in [0.25, 0.3) is 0 Å². The van der Waals surface area contributed by atoms with Crippen LogP contribution in [-0.4, -0.2) is 6.54 Å². The summed E-state index contributed by atoms with van der Waals surface area (Å²) in [6, 6.07) is 1.93. The number of rotatable bonds is 4. The normalized spacial score (nSPS) is 22.3. The first-order valence-electron chi connectivity index (χ1n) is 5.80. The van der Waals surface area contributed by atoms with Crippen LogP contribution < -0.4 is 5.32 Å². The van der Waals surface area contributed by atoms with Gasteiger partial charge in [-0.3, -0.25) is 0 Å². The lowest BCUT2D eigenvalue weighted by Gasteiger charge is -2.04. The van der Waals surface area contributed by atoms with Gasteiger partial charge in [-0.2, -0.15) is 0 Å². The smallest absolute Gasteiger partial charge is 0.131 e. The maximum atomic E-state index is 5.36. The van der Waals surface area contributed by atoms with E-state index in [-0.39, 0.29) is 0 Å². The monoisotopic (exact) mass is 285 g/mol. The van der Waals surface area contributed by atoms with Crippen LogP contribution in [0.4, 0.5) is 0 Å². The maximum absolute atomic E-state index is 5.36. The molecule has 1 aromatic heterocycles. The van der Waals surface area contributed by atoms with Crippen molar-refractivity contribution in [2.45, 2.75) is 34.2 Å². The summed E-state index contributed by atoms with van der Waals surface area (Å²) in [4.78, 5) is 0. The maximum Gasteiger partial charge on any atom is 0.131 e. The Morgan fingerprint density at radius 3 is 2.38 bits per heavy atom. The lowest BCUT2D eigenvalue weighted by Crippen LogP contribution is -2.18. The molecule has 90 valence electrons. The molecule has 0 bridgehead atoms. The SMILES string of the molecule is CC1(C)C(CNCc2occc2Br)C1(C)C. The topological polar surface area (TPSA) is 25.2 Å². The van der Waals surface area contributed by atoms with Gasteiger partial charge < -0.3 is 9.73 Å². The van der Waals surface area contributed by atoms with Gasteiger partial charge in [0.05, 0.1) is 17.3 Å². The number of hydrogen-bond donors (Lipinski definition) is 1. The van der Waals surface area contributed by atoms with Crippen LogP contribution in [0.15, 0.2) is 21.2 Å². The molecule has 0 aliphatic heterocycles. The first kappa shape index (κ1) is 12.2. The van der Waals surface area contributed by atoms with Crippen molar-refractivity contribution in [2.24, 2.45) is 16.7 Å². The van der Waals surface area contributed by atoms with E-state index in [1.807, 2.05) is 6.07 Å². The zero-order valence-electron chi connectivity index (χ0n) is 10.4. The van der Waals surface area contributed by atoms with E-state index in [0.717, 1.165) is 29.2 Å². The molecule has 0 unspecified atom stereocenters. The van der Waals surface area contributed by atoms with Gasteiger partial charge in [0.2, 0.25) is 0 Å². The molecule has 3 heteroatoms. The molecule has 1 aliphatic rings. The van der Waals surface area contributed by atoms with Crippen LogP contribution in [-0.2, 0) is 6.54 Å². The molecule has 16 heavy (non-hydrogen) atoms. The molecular formula is C13H20BrNO. The third-order valence-electron chi connectivity index (χ3n) is 4.64. The quantitative estimate of drug-likeness (QED) is 0.910. The molecule has 1 N–H and O–H groups in total. The molecule has 0 spiro atoms. The van der Waals surface area contributed by atoms with E-state index in [1.165, 1.54) is 0 Å². The van der Waals surface area contributed by atoms with Crippen molar-refractivity contribution in [1.82, 2.24) is 5.32 Å². The number of hydrogen-bond acceptors (Lipinski definition) is 2. The molecule has 2 nitrogen and oxygen atoms in total. The second-order valence-electron chi connectivity index (χ2n) is 5.82. The van der Waals surface area contributed by atoms with E-state index in [0.29, 0.717) is 10.8 Å². The van der Waals surface area contributed by atoms with E-state index in [9.17, 15) is 0 Å². The second kappa shape index (κ2) is 3.88. The summed E-state index contributed by atoms with van der Waals surface area (Å²) >= 11 is 3.46. The highest BCUT2D eigenvalue weighted by Crippen LogP contribution is 2.67. The minimum absolute atomic E-state index is 0.459. The van der Waals surface area contributed by atoms with Crippen LogP contribution in [0.1, 0.15) is 33.5 Å². The van der Waals surface area contributed by atoms with Crippen molar-refractivity contribution >= 4 is 15.9 Å². The zero-order chi connectivity index (χ0) is 12.0. The molecule has 0 saturated heterocycles. The van der Waals surface area contributed by atoms with Gasteiger partial charge in [-0.25, -0.2) is 0 Å². The van der Waals surface area contributed by atoms with Crippen molar-refractivity contribution in [2.75, 3.05) is 6.54 Å². The lowest BCUT2D eigenvalue weighted by atomic mass is 10.0. The van der Waals surface area contributed by atoms with Crippen molar-refractivity contribution in [3.63, 3.8) is 0 Å². The Morgan fingerprint density at radius 2 is 1.94 bits per heavy atom. The van der Waals surface area contributed by atoms with Gasteiger partial charge in [-0.05, 0) is 45.3 Å². The minimum Gasteiger partial charge on any atom is -0.467 e. The molecular weight excluding hydrogens is 266 g/mol. The minimum atomic E-state index is 0.459. The number of nitrogens with one attached hydrogen (secondary N) is 1. The van der Waals surface area contributed by atoms with E-state index >= 15 is 0 Å². The van der Waals surface area contributed by atoms with Crippen LogP contribution in [0.5, 0.6) is 0 Å². The Kier molecular flexibility index (Phi) is 2.96. The summed E-state index contributed by atoms with van der Waals surface area (Å²) in [6.45, 7) is 11.3. The summed E-state index contributed by atoms with van der Waals surface area (Å²) in [5.41, 5.74) is 0.917. The van der Waals surface area contributed by atoms with Gasteiger partial charge in [-0.15, -0.1) is 0 Å². The first-order valence-corrected chi connectivity index (χ1v) is 6.59. The Hall–Kier alpha value is -0.280. The van der Waals surface area contributed by atoms with E-state index in [4.69, 9.17) is 4.42 Å². The Balaban J connectivity index is 1.81. The average molecular weight is 286 g/mol. The van der Waals surface area contributed by atoms with Gasteiger partial charge in [-0.1, -0.05) is 27.7 Å². The van der Waals surface area contributed by atoms with Crippen LogP contribution in [0.2, 0.25) is 0 Å². The van der Waals surface area contributed by atoms with Gasteiger partial charge in [0, 0.05) is 0 Å². The van der Waals surface area contributed by atoms with Gasteiger partial charge in [0.1, 0.15) is 5.76 Å². The fourth-order valence-corrected chi connectivity index (χ4v) is 2.97. The zero-order valence-corrected chi connectivity index (χ0v) is 12.0. The summed E-state index contributed by atoms with van der Waals surface area (Å²) in [5, 5.41) is 3.48. The first-order chi connectivity index (χ1) is 7.37. The third kappa shape index (κ3) is 1.84. The molecule has 2 rings (SSSR count). The van der Waals surface area contributed by atoms with Crippen molar-refractivity contribution < 1.29 is 4.42 Å². The van der Waals surface area contributed by atoms with Crippen molar-refractivity contribution in [1.29, 1.82) is 0 Å². The molecule has 1 heterocycles. The molecule has 1 fully saturated rings. The number of furan rings is 1. The highest BCUT2D eigenvalue weighted by Gasteiger charge is 2.63. The standard InChI is InChI=1S/C13H20BrNO/c1-12(2)11(13(12,3)4)8-15-7-10-9(14)5-6-16-10/h5-6,11,15H,7-8H2,1-4H3. The number of halogens is 1. The fraction of sp³-hybridized carbons (Fsp3) is 0.692. The van der Waals surface area contributed by atoms with Gasteiger partial charge in [0.15, 0.2) is 0 Å². The third-order valence-corrected chi connectivity index (χ3v) is 5.35. The molecule has 1 aromatic rings. The lowest BCUT2D eigenvalue weighted by molar-refractivity contribution is 0.457. The summed E-state index contributed by atoms with van der Waals surface area (Å²) in [6.07, 6.45) is 1.71. The van der Waals surface area contributed by atoms with Crippen LogP contribution in [0.3, 0.4) is 0 Å². The van der Waals surface area contributed by atoms with E-state index in [1.54, 1.807) is 6.26 Å². The Labute approximate surface area is 106 Å². The van der Waals surface area contributed by atoms with Crippen molar-refractivity contribution in [3.05, 3.63) is 22.6 Å². The molecule has 0 atom stereocenters. The van der Waals surface area contributed by atoms with E-state index < -0.39 is 0 Å². The highest BCUT2D eigenvalue weighted by molar-refractivity contribution is 9.10. The summed E-state index contributed by atoms with van der Waals surface area (Å²) in [7, 11) is 0. The van der Waals surface area contributed by atoms with Gasteiger partial charge >= 0.3 is 0 Å². The Bertz CT molecular complexity index is 367. The predicted octanol–water partition coefficient (Wildman–Crippen LogP) is 3.81. The van der Waals surface area contributed by atoms with Crippen LogP contribution in [0, 0.1) is 16.7 Å². The fourth-order valence-electron chi connectivity index (χ4n) is 2.62. The molecule has 1 aliphatic carbocycles. The second-order valence-corrected chi connectivity index (χ2v) is 6.67. The molecule has 0 aromatic carbocycles. The van der Waals surface area contributed by atoms with E-state index in [2.05, 4.69) is 48.9 Å². The summed E-state index contributed by atoms with van der Waals surface area (Å²) < 4.78 is 6.41. The average Bonchev–Trinajstić information content (AvgIpc) is 2.52. The summed E-state index contributed by atoms with van der Waals surface area (Å²) in [5.74, 6) is 1.74. The van der Waals surface area contributed by atoms with Crippen LogP contribution in [0.25, 0.3) is 0 Å².